The van der Waals surface area contributed by atoms with Gasteiger partial charge in [0, 0.05) is 40.8 Å². The Labute approximate surface area is 228 Å². The van der Waals surface area contributed by atoms with Gasteiger partial charge in [-0.15, -0.1) is 11.8 Å². The molecule has 0 N–H and O–H groups in total. The molecule has 4 rings (SSSR count). The number of esters is 1. The normalized spacial score (nSPS) is 21.0. The molecule has 0 saturated heterocycles. The first kappa shape index (κ1) is 27.9. The highest BCUT2D eigenvalue weighted by Gasteiger charge is 2.44. The van der Waals surface area contributed by atoms with Gasteiger partial charge in [-0.2, -0.15) is 0 Å². The van der Waals surface area contributed by atoms with E-state index in [9.17, 15) is 9.59 Å². The number of hydrogen-bond donors (Lipinski definition) is 0. The number of rotatable bonds is 10. The summed E-state index contributed by atoms with van der Waals surface area (Å²) in [4.78, 5) is 33.1. The molecule has 38 heavy (non-hydrogen) atoms. The van der Waals surface area contributed by atoms with Gasteiger partial charge < -0.3 is 18.9 Å². The summed E-state index contributed by atoms with van der Waals surface area (Å²) in [5.74, 6) is -0.271. The Balaban J connectivity index is 1.71. The SMILES string of the molecule is CCOCCOC(=O)C1C(C)=NC2=C(C(=O)C[C@@H](c3ccc(OC)c(OC)c3)C2)[C@H]1c1ccc(SC)cc1. The third-order valence-electron chi connectivity index (χ3n) is 7.17. The lowest BCUT2D eigenvalue weighted by molar-refractivity contribution is -0.148. The zero-order chi connectivity index (χ0) is 27.2. The zero-order valence-electron chi connectivity index (χ0n) is 22.6. The quantitative estimate of drug-likeness (QED) is 0.222. The van der Waals surface area contributed by atoms with Crippen LogP contribution in [0.25, 0.3) is 0 Å². The summed E-state index contributed by atoms with van der Waals surface area (Å²) in [5.41, 5.74) is 3.93. The summed E-state index contributed by atoms with van der Waals surface area (Å²) in [6.07, 6.45) is 2.94. The number of carbonyl (C=O) groups is 2. The van der Waals surface area contributed by atoms with Crippen molar-refractivity contribution < 1.29 is 28.5 Å². The van der Waals surface area contributed by atoms with Gasteiger partial charge in [-0.1, -0.05) is 18.2 Å². The van der Waals surface area contributed by atoms with E-state index in [0.717, 1.165) is 21.7 Å². The molecule has 0 radical (unpaired) electrons. The number of allylic oxidation sites excluding steroid dienone is 2. The fraction of sp³-hybridized carbons (Fsp3) is 0.433. The largest absolute Gasteiger partial charge is 0.493 e. The monoisotopic (exact) mass is 537 g/mol. The Morgan fingerprint density at radius 3 is 2.37 bits per heavy atom. The molecule has 7 nitrogen and oxygen atoms in total. The predicted octanol–water partition coefficient (Wildman–Crippen LogP) is 5.58. The highest BCUT2D eigenvalue weighted by atomic mass is 32.2. The van der Waals surface area contributed by atoms with Crippen LogP contribution in [0.5, 0.6) is 11.5 Å². The number of methoxy groups -OCH3 is 2. The van der Waals surface area contributed by atoms with Crippen LogP contribution in [-0.2, 0) is 19.1 Å². The minimum absolute atomic E-state index is 0.00773. The minimum Gasteiger partial charge on any atom is -0.493 e. The topological polar surface area (TPSA) is 83.4 Å². The second-order valence-electron chi connectivity index (χ2n) is 9.35. The van der Waals surface area contributed by atoms with E-state index in [1.807, 2.05) is 62.6 Å². The Morgan fingerprint density at radius 1 is 1.00 bits per heavy atom. The number of nitrogens with zero attached hydrogens (tertiary/aromatic N) is 1. The van der Waals surface area contributed by atoms with E-state index >= 15 is 0 Å². The molecule has 0 fully saturated rings. The van der Waals surface area contributed by atoms with Crippen LogP contribution in [0.15, 0.2) is 63.6 Å². The van der Waals surface area contributed by atoms with E-state index in [4.69, 9.17) is 23.9 Å². The van der Waals surface area contributed by atoms with Gasteiger partial charge in [0.1, 0.15) is 12.5 Å². The fourth-order valence-electron chi connectivity index (χ4n) is 5.31. The van der Waals surface area contributed by atoms with Gasteiger partial charge in [0.05, 0.1) is 20.8 Å². The van der Waals surface area contributed by atoms with E-state index in [0.29, 0.717) is 48.8 Å². The molecule has 0 bridgehead atoms. The van der Waals surface area contributed by atoms with Crippen molar-refractivity contribution in [2.24, 2.45) is 10.9 Å². The van der Waals surface area contributed by atoms with Crippen LogP contribution >= 0.6 is 11.8 Å². The van der Waals surface area contributed by atoms with E-state index in [2.05, 4.69) is 0 Å². The summed E-state index contributed by atoms with van der Waals surface area (Å²) >= 11 is 1.65. The molecule has 0 amide bonds. The smallest absolute Gasteiger partial charge is 0.315 e. The van der Waals surface area contributed by atoms with Crippen LogP contribution in [0.3, 0.4) is 0 Å². The third-order valence-corrected chi connectivity index (χ3v) is 7.92. The first-order chi connectivity index (χ1) is 18.4. The first-order valence-corrected chi connectivity index (χ1v) is 14.1. The summed E-state index contributed by atoms with van der Waals surface area (Å²) in [5, 5.41) is 0. The van der Waals surface area contributed by atoms with Crippen molar-refractivity contribution in [2.75, 3.05) is 40.3 Å². The van der Waals surface area contributed by atoms with Crippen molar-refractivity contribution in [3.8, 4) is 11.5 Å². The van der Waals surface area contributed by atoms with Crippen LogP contribution < -0.4 is 9.47 Å². The molecule has 8 heteroatoms. The first-order valence-electron chi connectivity index (χ1n) is 12.8. The molecule has 0 saturated carbocycles. The van der Waals surface area contributed by atoms with E-state index < -0.39 is 11.8 Å². The molecule has 1 unspecified atom stereocenters. The second kappa shape index (κ2) is 12.6. The second-order valence-corrected chi connectivity index (χ2v) is 10.2. The highest BCUT2D eigenvalue weighted by Crippen LogP contribution is 2.47. The van der Waals surface area contributed by atoms with Crippen molar-refractivity contribution in [3.05, 3.63) is 64.9 Å². The molecule has 1 aliphatic heterocycles. The molecule has 202 valence electrons. The van der Waals surface area contributed by atoms with E-state index in [1.165, 1.54) is 0 Å². The van der Waals surface area contributed by atoms with Crippen LogP contribution in [0.2, 0.25) is 0 Å². The third kappa shape index (κ3) is 5.81. The number of ether oxygens (including phenoxy) is 4. The summed E-state index contributed by atoms with van der Waals surface area (Å²) < 4.78 is 21.8. The summed E-state index contributed by atoms with van der Waals surface area (Å²) in [6.45, 7) is 4.80. The van der Waals surface area contributed by atoms with Crippen molar-refractivity contribution in [1.29, 1.82) is 0 Å². The van der Waals surface area contributed by atoms with Crippen LogP contribution in [0.4, 0.5) is 0 Å². The molecule has 2 aromatic carbocycles. The molecule has 2 aliphatic rings. The van der Waals surface area contributed by atoms with Gasteiger partial charge in [-0.25, -0.2) is 0 Å². The Bertz CT molecular complexity index is 1240. The maximum atomic E-state index is 13.8. The number of ketones is 1. The van der Waals surface area contributed by atoms with Gasteiger partial charge in [0.25, 0.3) is 0 Å². The lowest BCUT2D eigenvalue weighted by atomic mass is 9.69. The Kier molecular flexibility index (Phi) is 9.28. The van der Waals surface area contributed by atoms with Crippen molar-refractivity contribution >= 4 is 29.2 Å². The highest BCUT2D eigenvalue weighted by molar-refractivity contribution is 7.98. The van der Waals surface area contributed by atoms with Gasteiger partial charge >= 0.3 is 5.97 Å². The number of carbonyl (C=O) groups excluding carboxylic acids is 2. The lowest BCUT2D eigenvalue weighted by Crippen LogP contribution is -2.38. The molecule has 0 spiro atoms. The molecule has 1 heterocycles. The predicted molar refractivity (Wildman–Crippen MR) is 149 cm³/mol. The molecule has 0 aromatic heterocycles. The standard InChI is InChI=1S/C30H35NO6S/c1-6-36-13-14-37-30(33)27-18(2)31-23-15-21(20-9-12-25(34-3)26(17-20)35-4)16-24(32)29(23)28(27)19-7-10-22(38-5)11-8-19/h7-12,17,21,27-28H,6,13-16H2,1-5H3/t21-,27?,28-/m0/s1. The van der Waals surface area contributed by atoms with Crippen molar-refractivity contribution in [3.63, 3.8) is 0 Å². The van der Waals surface area contributed by atoms with Crippen molar-refractivity contribution in [1.82, 2.24) is 0 Å². The summed E-state index contributed by atoms with van der Waals surface area (Å²) in [6, 6.07) is 13.8. The van der Waals surface area contributed by atoms with E-state index in [1.54, 1.807) is 26.0 Å². The van der Waals surface area contributed by atoms with Crippen LogP contribution in [-0.4, -0.2) is 57.8 Å². The number of Topliss-reactive ketones (excluding diaryl/α,β-unsaturated/α-hetero) is 1. The Morgan fingerprint density at radius 2 is 1.71 bits per heavy atom. The van der Waals surface area contributed by atoms with Crippen LogP contribution in [0, 0.1) is 5.92 Å². The average Bonchev–Trinajstić information content (AvgIpc) is 2.94. The number of thioether (sulfide) groups is 1. The Hall–Kier alpha value is -3.10. The molecule has 2 aromatic rings. The number of hydrogen-bond acceptors (Lipinski definition) is 8. The van der Waals surface area contributed by atoms with Gasteiger partial charge in [-0.05, 0) is 67.8 Å². The maximum Gasteiger partial charge on any atom is 0.315 e. The summed E-state index contributed by atoms with van der Waals surface area (Å²) in [7, 11) is 3.20. The number of aliphatic imine (C=N–C) groups is 1. The minimum atomic E-state index is -0.669. The maximum absolute atomic E-state index is 13.8. The molecule has 3 atom stereocenters. The molecular weight excluding hydrogens is 502 g/mol. The van der Waals surface area contributed by atoms with Crippen molar-refractivity contribution in [2.45, 2.75) is 43.4 Å². The lowest BCUT2D eigenvalue weighted by Gasteiger charge is -2.36. The van der Waals surface area contributed by atoms with E-state index in [-0.39, 0.29) is 24.3 Å². The molecular formula is C30H35NO6S. The zero-order valence-corrected chi connectivity index (χ0v) is 23.4. The number of benzene rings is 2. The van der Waals surface area contributed by atoms with Crippen LogP contribution in [0.1, 0.15) is 49.7 Å². The van der Waals surface area contributed by atoms with Gasteiger partial charge in [0.2, 0.25) is 0 Å². The molecule has 1 aliphatic carbocycles. The van der Waals surface area contributed by atoms with Gasteiger partial charge in [0.15, 0.2) is 17.3 Å². The average molecular weight is 538 g/mol. The van der Waals surface area contributed by atoms with Gasteiger partial charge in [-0.3, -0.25) is 14.6 Å². The fourth-order valence-corrected chi connectivity index (χ4v) is 5.72.